The molecule has 1 aromatic carbocycles. The molecule has 3 heterocycles. The second-order valence-electron chi connectivity index (χ2n) is 8.37. The van der Waals surface area contributed by atoms with Gasteiger partial charge in [0.15, 0.2) is 0 Å². The standard InChI is InChI=1S/C20H25BClN3O2/c1-12-8-9-13(2)25(12)18-23-17-15(10-14(22)11-16(17)24(18)7)21-26-19(3,4)20(5,6)27-21/h8-11H,1-7H3. The summed E-state index contributed by atoms with van der Waals surface area (Å²) < 4.78 is 16.7. The fourth-order valence-corrected chi connectivity index (χ4v) is 3.82. The molecule has 0 bridgehead atoms. The predicted molar refractivity (Wildman–Crippen MR) is 110 cm³/mol. The second kappa shape index (κ2) is 5.87. The van der Waals surface area contributed by atoms with Gasteiger partial charge < -0.3 is 13.9 Å². The van der Waals surface area contributed by atoms with Crippen LogP contribution in [0.3, 0.4) is 0 Å². The Morgan fingerprint density at radius 3 is 2.11 bits per heavy atom. The topological polar surface area (TPSA) is 41.2 Å². The predicted octanol–water partition coefficient (Wildman–Crippen LogP) is 3.93. The zero-order chi connectivity index (χ0) is 19.7. The van der Waals surface area contributed by atoms with Crippen molar-refractivity contribution in [1.82, 2.24) is 14.1 Å². The van der Waals surface area contributed by atoms with Crippen molar-refractivity contribution in [3.8, 4) is 5.95 Å². The fourth-order valence-electron chi connectivity index (χ4n) is 3.60. The van der Waals surface area contributed by atoms with E-state index in [1.54, 1.807) is 0 Å². The number of aryl methyl sites for hydroxylation is 3. The van der Waals surface area contributed by atoms with Gasteiger partial charge in [0.1, 0.15) is 0 Å². The third kappa shape index (κ3) is 2.73. The Bertz CT molecular complexity index is 1020. The van der Waals surface area contributed by atoms with E-state index >= 15 is 0 Å². The molecule has 2 aromatic heterocycles. The molecule has 0 amide bonds. The van der Waals surface area contributed by atoms with E-state index in [4.69, 9.17) is 25.9 Å². The maximum absolute atomic E-state index is 6.45. The molecule has 0 N–H and O–H groups in total. The summed E-state index contributed by atoms with van der Waals surface area (Å²) in [4.78, 5) is 4.96. The lowest BCUT2D eigenvalue weighted by atomic mass is 9.78. The highest BCUT2D eigenvalue weighted by atomic mass is 35.5. The van der Waals surface area contributed by atoms with Gasteiger partial charge in [0.25, 0.3) is 0 Å². The number of hydrogen-bond donors (Lipinski definition) is 0. The number of benzene rings is 1. The molecule has 0 unspecified atom stereocenters. The lowest BCUT2D eigenvalue weighted by Gasteiger charge is -2.32. The van der Waals surface area contributed by atoms with Gasteiger partial charge in [-0.05, 0) is 65.8 Å². The molecule has 1 aliphatic rings. The first-order valence-electron chi connectivity index (χ1n) is 9.19. The summed E-state index contributed by atoms with van der Waals surface area (Å²) >= 11 is 6.45. The molecule has 27 heavy (non-hydrogen) atoms. The molecule has 4 rings (SSSR count). The zero-order valence-electron chi connectivity index (χ0n) is 16.9. The van der Waals surface area contributed by atoms with E-state index < -0.39 is 18.3 Å². The van der Waals surface area contributed by atoms with Crippen LogP contribution in [0.25, 0.3) is 17.0 Å². The number of halogens is 1. The number of rotatable bonds is 2. The van der Waals surface area contributed by atoms with Gasteiger partial charge in [-0.15, -0.1) is 0 Å². The normalized spacial score (nSPS) is 18.6. The van der Waals surface area contributed by atoms with Crippen molar-refractivity contribution in [3.05, 3.63) is 40.7 Å². The van der Waals surface area contributed by atoms with Crippen LogP contribution in [0.5, 0.6) is 0 Å². The summed E-state index contributed by atoms with van der Waals surface area (Å²) in [5, 5.41) is 0.641. The summed E-state index contributed by atoms with van der Waals surface area (Å²) in [5.41, 5.74) is 4.09. The van der Waals surface area contributed by atoms with E-state index in [1.165, 1.54) is 0 Å². The van der Waals surface area contributed by atoms with E-state index in [1.807, 2.05) is 46.9 Å². The molecule has 1 fully saturated rings. The smallest absolute Gasteiger partial charge is 0.399 e. The molecule has 5 nitrogen and oxygen atoms in total. The molecule has 0 spiro atoms. The largest absolute Gasteiger partial charge is 0.497 e. The van der Waals surface area contributed by atoms with Crippen molar-refractivity contribution in [3.63, 3.8) is 0 Å². The summed E-state index contributed by atoms with van der Waals surface area (Å²) in [6.07, 6.45) is 0. The summed E-state index contributed by atoms with van der Waals surface area (Å²) in [7, 11) is 1.50. The summed E-state index contributed by atoms with van der Waals surface area (Å²) in [5.74, 6) is 0.852. The molecular formula is C20H25BClN3O2. The third-order valence-corrected chi connectivity index (χ3v) is 6.15. The Morgan fingerprint density at radius 2 is 1.56 bits per heavy atom. The van der Waals surface area contributed by atoms with E-state index in [-0.39, 0.29) is 0 Å². The van der Waals surface area contributed by atoms with Crippen LogP contribution in [0.4, 0.5) is 0 Å². The minimum atomic E-state index is -0.509. The highest BCUT2D eigenvalue weighted by molar-refractivity contribution is 6.65. The number of imidazole rings is 1. The molecule has 142 valence electrons. The third-order valence-electron chi connectivity index (χ3n) is 5.94. The first-order valence-corrected chi connectivity index (χ1v) is 9.56. The number of fused-ring (bicyclic) bond motifs is 1. The van der Waals surface area contributed by atoms with Crippen LogP contribution < -0.4 is 5.46 Å². The van der Waals surface area contributed by atoms with E-state index in [0.29, 0.717) is 5.02 Å². The van der Waals surface area contributed by atoms with Crippen molar-refractivity contribution in [1.29, 1.82) is 0 Å². The minimum Gasteiger partial charge on any atom is -0.399 e. The first kappa shape index (κ1) is 18.6. The van der Waals surface area contributed by atoms with Crippen LogP contribution in [-0.2, 0) is 16.4 Å². The highest BCUT2D eigenvalue weighted by Gasteiger charge is 2.52. The van der Waals surface area contributed by atoms with Gasteiger partial charge >= 0.3 is 7.12 Å². The minimum absolute atomic E-state index is 0.419. The van der Waals surface area contributed by atoms with Crippen molar-refractivity contribution in [2.24, 2.45) is 7.05 Å². The van der Waals surface area contributed by atoms with Gasteiger partial charge in [-0.25, -0.2) is 4.98 Å². The van der Waals surface area contributed by atoms with Gasteiger partial charge in [-0.1, -0.05) is 11.6 Å². The molecular weight excluding hydrogens is 361 g/mol. The maximum atomic E-state index is 6.45. The second-order valence-corrected chi connectivity index (χ2v) is 8.81. The SMILES string of the molecule is Cc1ccc(C)n1-c1nc2c(B3OC(C)(C)C(C)(C)O3)cc(Cl)cc2n1C. The van der Waals surface area contributed by atoms with Crippen LogP contribution >= 0.6 is 11.6 Å². The zero-order valence-corrected chi connectivity index (χ0v) is 17.7. The van der Waals surface area contributed by atoms with E-state index in [2.05, 4.69) is 35.1 Å². The van der Waals surface area contributed by atoms with Gasteiger partial charge in [0, 0.05) is 28.9 Å². The lowest BCUT2D eigenvalue weighted by molar-refractivity contribution is 0.00578. The Kier molecular flexibility index (Phi) is 4.04. The molecule has 7 heteroatoms. The molecule has 0 radical (unpaired) electrons. The van der Waals surface area contributed by atoms with Crippen LogP contribution in [0, 0.1) is 13.8 Å². The van der Waals surface area contributed by atoms with Crippen molar-refractivity contribution >= 4 is 35.2 Å². The Morgan fingerprint density at radius 1 is 1.00 bits per heavy atom. The van der Waals surface area contributed by atoms with E-state index in [9.17, 15) is 0 Å². The molecule has 0 aliphatic carbocycles. The number of hydrogen-bond acceptors (Lipinski definition) is 3. The van der Waals surface area contributed by atoms with Gasteiger partial charge in [0.2, 0.25) is 5.95 Å². The Hall–Kier alpha value is -1.76. The summed E-state index contributed by atoms with van der Waals surface area (Å²) in [6.45, 7) is 12.3. The highest BCUT2D eigenvalue weighted by Crippen LogP contribution is 2.37. The number of nitrogens with zero attached hydrogens (tertiary/aromatic N) is 3. The molecule has 0 atom stereocenters. The Balaban J connectivity index is 1.92. The average Bonchev–Trinajstić information content (AvgIpc) is 3.12. The first-order chi connectivity index (χ1) is 12.5. The monoisotopic (exact) mass is 385 g/mol. The van der Waals surface area contributed by atoms with Gasteiger partial charge in [-0.3, -0.25) is 4.57 Å². The average molecular weight is 386 g/mol. The van der Waals surface area contributed by atoms with Crippen LogP contribution in [0.15, 0.2) is 24.3 Å². The lowest BCUT2D eigenvalue weighted by Crippen LogP contribution is -2.41. The van der Waals surface area contributed by atoms with E-state index in [0.717, 1.165) is 33.8 Å². The summed E-state index contributed by atoms with van der Waals surface area (Å²) in [6, 6.07) is 8.03. The van der Waals surface area contributed by atoms with Crippen LogP contribution in [-0.4, -0.2) is 32.4 Å². The van der Waals surface area contributed by atoms with Crippen molar-refractivity contribution in [2.45, 2.75) is 52.7 Å². The quantitative estimate of drug-likeness (QED) is 0.628. The Labute approximate surface area is 165 Å². The van der Waals surface area contributed by atoms with Crippen molar-refractivity contribution in [2.75, 3.05) is 0 Å². The maximum Gasteiger partial charge on any atom is 0.497 e. The van der Waals surface area contributed by atoms with Gasteiger partial charge in [-0.2, -0.15) is 0 Å². The van der Waals surface area contributed by atoms with Gasteiger partial charge in [0.05, 0.1) is 22.2 Å². The number of aromatic nitrogens is 3. The molecule has 0 saturated carbocycles. The van der Waals surface area contributed by atoms with Crippen LogP contribution in [0.2, 0.25) is 5.02 Å². The molecule has 1 aliphatic heterocycles. The van der Waals surface area contributed by atoms with Crippen molar-refractivity contribution < 1.29 is 9.31 Å². The van der Waals surface area contributed by atoms with Crippen LogP contribution in [0.1, 0.15) is 39.1 Å². The molecule has 3 aromatic rings. The fraction of sp³-hybridized carbons (Fsp3) is 0.450. The molecule has 1 saturated heterocycles.